The van der Waals surface area contributed by atoms with E-state index in [9.17, 15) is 32.3 Å². The number of rotatable bonds is 10. The van der Waals surface area contributed by atoms with Gasteiger partial charge in [-0.25, -0.2) is 14.8 Å². The highest BCUT2D eigenvalue weighted by Gasteiger charge is 2.43. The van der Waals surface area contributed by atoms with Crippen molar-refractivity contribution in [3.8, 4) is 5.75 Å². The first-order valence-corrected chi connectivity index (χ1v) is 13.4. The summed E-state index contributed by atoms with van der Waals surface area (Å²) < 4.78 is 41.0. The van der Waals surface area contributed by atoms with Crippen LogP contribution in [0.25, 0.3) is 0 Å². The molecule has 1 aliphatic rings. The lowest BCUT2D eigenvalue weighted by Crippen LogP contribution is -2.71. The van der Waals surface area contributed by atoms with Gasteiger partial charge in [-0.15, -0.1) is 0 Å². The maximum Gasteiger partial charge on any atom is 0.416 e. The summed E-state index contributed by atoms with van der Waals surface area (Å²) in [6, 6.07) is 11.1. The molecule has 236 valence electrons. The van der Waals surface area contributed by atoms with Crippen molar-refractivity contribution in [1.82, 2.24) is 25.1 Å². The van der Waals surface area contributed by atoms with Crippen molar-refractivity contribution in [3.63, 3.8) is 0 Å². The molecule has 0 saturated carbocycles. The molecular formula is C29H38F3N5O6. The Hall–Kier alpha value is -4.17. The highest BCUT2D eigenvalue weighted by Crippen LogP contribution is 2.29. The number of aliphatic carboxylic acids is 1. The molecule has 3 amide bonds. The molecule has 0 aromatic heterocycles. The number of nitrogens with zero attached hydrogens (tertiary/aromatic N) is 4. The van der Waals surface area contributed by atoms with Gasteiger partial charge >= 0.3 is 18.2 Å². The lowest BCUT2D eigenvalue weighted by molar-refractivity contribution is -0.171. The third-order valence-corrected chi connectivity index (χ3v) is 6.48. The second-order valence-electron chi connectivity index (χ2n) is 10.2. The van der Waals surface area contributed by atoms with E-state index in [-0.39, 0.29) is 38.4 Å². The number of likely N-dealkylation sites (N-methyl/N-ethyl adjacent to an activating group) is 2. The first-order valence-electron chi connectivity index (χ1n) is 13.4. The third kappa shape index (κ3) is 10.6. The largest absolute Gasteiger partial charge is 0.497 e. The second-order valence-corrected chi connectivity index (χ2v) is 10.2. The Morgan fingerprint density at radius 3 is 2.33 bits per heavy atom. The summed E-state index contributed by atoms with van der Waals surface area (Å²) in [5, 5.41) is 14.8. The van der Waals surface area contributed by atoms with Crippen LogP contribution in [0, 0.1) is 6.92 Å². The minimum Gasteiger partial charge on any atom is -0.497 e. The average molecular weight is 610 g/mol. The van der Waals surface area contributed by atoms with Crippen molar-refractivity contribution in [2.75, 3.05) is 41.3 Å². The van der Waals surface area contributed by atoms with Crippen LogP contribution in [0.2, 0.25) is 0 Å². The number of amides is 3. The van der Waals surface area contributed by atoms with E-state index in [2.05, 4.69) is 5.32 Å². The van der Waals surface area contributed by atoms with Gasteiger partial charge in [0.1, 0.15) is 18.2 Å². The number of hydrazine groups is 1. The molecule has 2 atom stereocenters. The number of benzene rings is 2. The first kappa shape index (κ1) is 35.0. The van der Waals surface area contributed by atoms with Crippen LogP contribution in [0.1, 0.15) is 29.5 Å². The highest BCUT2D eigenvalue weighted by molar-refractivity contribution is 5.85. The van der Waals surface area contributed by atoms with E-state index in [1.807, 2.05) is 12.1 Å². The average Bonchev–Trinajstić information content (AvgIpc) is 2.93. The monoisotopic (exact) mass is 609 g/mol. The summed E-state index contributed by atoms with van der Waals surface area (Å²) >= 11 is 0. The Balaban J connectivity index is 0.000000490. The lowest BCUT2D eigenvalue weighted by Gasteiger charge is -2.50. The Kier molecular flexibility index (Phi) is 12.9. The number of halogens is 3. The number of nitrogens with one attached hydrogen (secondary N) is 1. The molecule has 14 heteroatoms. The standard InChI is InChI=1S/C21H31N5O6.C8H7F3/c1-23(2)12-18-25(16(14-27)7-10-20(29)30)19(28)13-24(3)26(18)21(31)22-11-15-5-8-17(32-4)9-6-15;1-6-3-2-4-7(5-6)8(9,10)11/h5-6,8-9,14,16,18H,7,10-13H2,1-4H3,(H,22,31)(H,29,30);2-5H,1H3/t16?,18-;/m0./s1. The van der Waals surface area contributed by atoms with Gasteiger partial charge in [-0.2, -0.15) is 13.2 Å². The lowest BCUT2D eigenvalue weighted by atomic mass is 10.1. The predicted molar refractivity (Wildman–Crippen MR) is 152 cm³/mol. The minimum atomic E-state index is -4.22. The zero-order chi connectivity index (χ0) is 32.3. The summed E-state index contributed by atoms with van der Waals surface area (Å²) in [6.45, 7) is 2.04. The molecule has 2 aromatic rings. The Morgan fingerprint density at radius 2 is 1.84 bits per heavy atom. The topological polar surface area (TPSA) is 123 Å². The number of methoxy groups -OCH3 is 1. The van der Waals surface area contributed by atoms with E-state index in [0.29, 0.717) is 17.6 Å². The number of hydrogen-bond acceptors (Lipinski definition) is 7. The number of carbonyl (C=O) groups excluding carboxylic acids is 3. The van der Waals surface area contributed by atoms with Gasteiger partial charge in [0.15, 0.2) is 0 Å². The molecule has 0 spiro atoms. The van der Waals surface area contributed by atoms with Crippen LogP contribution in [0.3, 0.4) is 0 Å². The zero-order valence-corrected chi connectivity index (χ0v) is 24.8. The summed E-state index contributed by atoms with van der Waals surface area (Å²) in [5.74, 6) is -0.699. The molecule has 0 bridgehead atoms. The number of hydrogen-bond donors (Lipinski definition) is 2. The van der Waals surface area contributed by atoms with Crippen LogP contribution in [-0.4, -0.2) is 103 Å². The number of carboxylic acids is 1. The number of ether oxygens (including phenoxy) is 1. The van der Waals surface area contributed by atoms with Crippen molar-refractivity contribution >= 4 is 24.2 Å². The van der Waals surface area contributed by atoms with Gasteiger partial charge in [-0.05, 0) is 51.2 Å². The molecule has 1 aliphatic heterocycles. The second kappa shape index (κ2) is 15.9. The minimum absolute atomic E-state index is 0.0283. The van der Waals surface area contributed by atoms with Crippen molar-refractivity contribution < 1.29 is 42.2 Å². The summed E-state index contributed by atoms with van der Waals surface area (Å²) in [5.41, 5.74) is 0.903. The smallest absolute Gasteiger partial charge is 0.416 e. The van der Waals surface area contributed by atoms with Crippen LogP contribution in [0.5, 0.6) is 5.75 Å². The molecule has 3 rings (SSSR count). The summed E-state index contributed by atoms with van der Waals surface area (Å²) in [6.07, 6.45) is -4.72. The van der Waals surface area contributed by atoms with E-state index < -0.39 is 35.9 Å². The van der Waals surface area contributed by atoms with Crippen molar-refractivity contribution in [2.24, 2.45) is 0 Å². The quantitative estimate of drug-likeness (QED) is 0.394. The van der Waals surface area contributed by atoms with Crippen LogP contribution < -0.4 is 10.1 Å². The maximum atomic E-state index is 13.1. The van der Waals surface area contributed by atoms with Gasteiger partial charge in [0.25, 0.3) is 0 Å². The normalized spacial score (nSPS) is 16.3. The molecule has 1 fully saturated rings. The fourth-order valence-corrected chi connectivity index (χ4v) is 4.42. The van der Waals surface area contributed by atoms with Gasteiger partial charge in [-0.1, -0.05) is 35.9 Å². The molecule has 1 heterocycles. The van der Waals surface area contributed by atoms with Gasteiger partial charge < -0.3 is 29.8 Å². The molecule has 11 nitrogen and oxygen atoms in total. The first-order chi connectivity index (χ1) is 20.2. The fourth-order valence-electron chi connectivity index (χ4n) is 4.42. The number of aldehydes is 1. The van der Waals surface area contributed by atoms with E-state index in [0.717, 1.165) is 17.7 Å². The Labute approximate surface area is 248 Å². The Bertz CT molecular complexity index is 1240. The van der Waals surface area contributed by atoms with Crippen LogP contribution in [-0.2, 0) is 27.1 Å². The molecule has 1 unspecified atom stereocenters. The molecule has 2 aromatic carbocycles. The molecular weight excluding hydrogens is 571 g/mol. The van der Waals surface area contributed by atoms with Gasteiger partial charge in [0, 0.05) is 26.6 Å². The van der Waals surface area contributed by atoms with Gasteiger partial charge in [-0.3, -0.25) is 9.59 Å². The molecule has 0 aliphatic carbocycles. The van der Waals surface area contributed by atoms with E-state index in [4.69, 9.17) is 9.84 Å². The van der Waals surface area contributed by atoms with Crippen molar-refractivity contribution in [2.45, 2.75) is 44.7 Å². The highest BCUT2D eigenvalue weighted by atomic mass is 19.4. The van der Waals surface area contributed by atoms with E-state index >= 15 is 0 Å². The van der Waals surface area contributed by atoms with E-state index in [1.54, 1.807) is 58.3 Å². The van der Waals surface area contributed by atoms with Crippen molar-refractivity contribution in [3.05, 3.63) is 65.2 Å². The molecule has 2 N–H and O–H groups in total. The summed E-state index contributed by atoms with van der Waals surface area (Å²) in [7, 11) is 6.78. The number of carboxylic acid groups (broad SMARTS) is 1. The van der Waals surface area contributed by atoms with Crippen LogP contribution in [0.15, 0.2) is 48.5 Å². The van der Waals surface area contributed by atoms with Crippen LogP contribution in [0.4, 0.5) is 18.0 Å². The maximum absolute atomic E-state index is 13.1. The third-order valence-electron chi connectivity index (χ3n) is 6.48. The zero-order valence-electron chi connectivity index (χ0n) is 24.8. The van der Waals surface area contributed by atoms with Gasteiger partial charge in [0.05, 0.1) is 25.3 Å². The number of urea groups is 1. The van der Waals surface area contributed by atoms with E-state index in [1.165, 1.54) is 21.0 Å². The summed E-state index contributed by atoms with van der Waals surface area (Å²) in [4.78, 5) is 51.9. The number of alkyl halides is 3. The number of carbonyl (C=O) groups is 4. The SMILES string of the molecule is COc1ccc(CNC(=O)N2[C@@H](CN(C)C)N(C(C=O)CCC(=O)O)C(=O)CN2C)cc1.Cc1cccc(C(F)(F)F)c1. The van der Waals surface area contributed by atoms with Gasteiger partial charge in [0.2, 0.25) is 5.91 Å². The fraction of sp³-hybridized carbons (Fsp3) is 0.448. The molecule has 43 heavy (non-hydrogen) atoms. The predicted octanol–water partition coefficient (Wildman–Crippen LogP) is 3.23. The van der Waals surface area contributed by atoms with Crippen molar-refractivity contribution in [1.29, 1.82) is 0 Å². The Morgan fingerprint density at radius 1 is 1.19 bits per heavy atom. The number of aryl methyl sites for hydroxylation is 1. The molecule has 0 radical (unpaired) electrons. The van der Waals surface area contributed by atoms with Crippen LogP contribution >= 0.6 is 0 Å². The molecule has 1 saturated heterocycles.